The molecule has 52 valence electrons. The molecule has 0 aliphatic heterocycles. The number of nitrogens with two attached hydrogens (primary N) is 1. The van der Waals surface area contributed by atoms with Gasteiger partial charge >= 0.3 is 58.2 Å². The summed E-state index contributed by atoms with van der Waals surface area (Å²) in [6, 6.07) is 5.88. The predicted molar refractivity (Wildman–Crippen MR) is 34.4 cm³/mol. The average molecular weight is 222 g/mol. The van der Waals surface area contributed by atoms with Gasteiger partial charge in [0.15, 0.2) is 0 Å². The molecule has 1 rings (SSSR count). The summed E-state index contributed by atoms with van der Waals surface area (Å²) in [6.45, 7) is 0. The summed E-state index contributed by atoms with van der Waals surface area (Å²) in [6.07, 6.45) is 0. The predicted octanol–water partition coefficient (Wildman–Crippen LogP) is -3.14. The van der Waals surface area contributed by atoms with Gasteiger partial charge in [0.05, 0.1) is 0 Å². The molecule has 0 aliphatic rings. The van der Waals surface area contributed by atoms with Crippen LogP contribution < -0.4 is 69.0 Å². The molecule has 0 unspecified atom stereocenters. The number of carbonyl (C=O) groups is 1. The van der Waals surface area contributed by atoms with Crippen molar-refractivity contribution in [3.8, 4) is 5.75 Å². The van der Waals surface area contributed by atoms with Gasteiger partial charge in [-0.3, -0.25) is 4.79 Å². The maximum Gasteiger partial charge on any atom is 1.00 e. The summed E-state index contributed by atoms with van der Waals surface area (Å²) < 4.78 is 0. The Morgan fingerprint density at radius 2 is 1.91 bits per heavy atom. The topological polar surface area (TPSA) is 66.2 Å². The quantitative estimate of drug-likeness (QED) is 0.545. The summed E-state index contributed by atoms with van der Waals surface area (Å²) in [5, 5.41) is 10.8. The summed E-state index contributed by atoms with van der Waals surface area (Å²) in [7, 11) is 0. The van der Waals surface area contributed by atoms with E-state index in [1.165, 1.54) is 12.1 Å². The van der Waals surface area contributed by atoms with E-state index in [0.29, 0.717) is 0 Å². The van der Waals surface area contributed by atoms with Crippen molar-refractivity contribution < 1.29 is 68.1 Å². The van der Waals surface area contributed by atoms with Crippen molar-refractivity contribution in [2.24, 2.45) is 5.73 Å². The van der Waals surface area contributed by atoms with E-state index in [1.807, 2.05) is 0 Å². The third-order valence-corrected chi connectivity index (χ3v) is 1.15. The Labute approximate surface area is 113 Å². The molecule has 0 saturated carbocycles. The third kappa shape index (κ3) is 3.03. The molecule has 1 aromatic carbocycles. The van der Waals surface area contributed by atoms with E-state index in [4.69, 9.17) is 5.73 Å². The normalized spacial score (nSPS) is 8.36. The maximum absolute atomic E-state index is 10.8. The fourth-order valence-electron chi connectivity index (χ4n) is 0.670. The van der Waals surface area contributed by atoms with E-state index in [1.54, 1.807) is 12.1 Å². The van der Waals surface area contributed by atoms with E-state index in [-0.39, 0.29) is 69.5 Å². The first kappa shape index (κ1) is 11.3. The summed E-state index contributed by atoms with van der Waals surface area (Å²) >= 11 is 0. The Morgan fingerprint density at radius 3 is 2.27 bits per heavy atom. The van der Waals surface area contributed by atoms with Crippen LogP contribution in [0.15, 0.2) is 24.3 Å². The monoisotopic (exact) mass is 221 g/mol. The van der Waals surface area contributed by atoms with Gasteiger partial charge in [-0.1, -0.05) is 30.0 Å². The first-order valence-corrected chi connectivity index (χ1v) is 2.77. The van der Waals surface area contributed by atoms with Crippen LogP contribution in [-0.4, -0.2) is 5.91 Å². The molecule has 1 amide bonds. The molecule has 0 saturated heterocycles. The van der Waals surface area contributed by atoms with Crippen molar-refractivity contribution in [3.63, 3.8) is 0 Å². The number of carbonyl (C=O) groups excluding carboxylic acids is 1. The number of hydrogen-bond acceptors (Lipinski definition) is 2. The number of hydrogen-bond donors (Lipinski definition) is 1. The van der Waals surface area contributed by atoms with Gasteiger partial charge in [-0.25, -0.2) is 0 Å². The molecule has 0 heterocycles. The minimum absolute atomic E-state index is 0. The smallest absolute Gasteiger partial charge is 0.872 e. The Bertz CT molecular complexity index is 262. The number of primary amides is 1. The van der Waals surface area contributed by atoms with Gasteiger partial charge in [0.25, 0.3) is 0 Å². The molecule has 1 aromatic rings. The minimum atomic E-state index is -0.675. The molecule has 4 heteroatoms. The molecule has 3 nitrogen and oxygen atoms in total. The van der Waals surface area contributed by atoms with Crippen LogP contribution in [0, 0.1) is 0 Å². The van der Waals surface area contributed by atoms with Crippen LogP contribution in [0.3, 0.4) is 0 Å². The fourth-order valence-corrected chi connectivity index (χ4v) is 0.670. The average Bonchev–Trinajstić information content (AvgIpc) is 1.88. The summed E-state index contributed by atoms with van der Waals surface area (Å²) in [4.78, 5) is 10.4. The van der Waals surface area contributed by atoms with Gasteiger partial charge in [-0.05, 0) is 0 Å². The molecule has 0 spiro atoms. The summed E-state index contributed by atoms with van der Waals surface area (Å²) in [5.74, 6) is -0.999. The van der Waals surface area contributed by atoms with Crippen LogP contribution >= 0.6 is 0 Å². The van der Waals surface area contributed by atoms with Crippen LogP contribution in [0.25, 0.3) is 0 Å². The standard InChI is InChI=1S/C7H7NO2.Rb/c8-7(10)5-3-1-2-4-6(5)9;/h1-4,9H,(H2,8,10);/q;+1/p-1. The minimum Gasteiger partial charge on any atom is -0.872 e. The number of benzene rings is 1. The Morgan fingerprint density at radius 1 is 1.36 bits per heavy atom. The van der Waals surface area contributed by atoms with Gasteiger partial charge in [-0.15, -0.1) is 0 Å². The number of para-hydroxylation sites is 1. The van der Waals surface area contributed by atoms with Crippen molar-refractivity contribution >= 4 is 5.91 Å². The molecule has 11 heavy (non-hydrogen) atoms. The van der Waals surface area contributed by atoms with E-state index >= 15 is 0 Å². The van der Waals surface area contributed by atoms with Gasteiger partial charge in [-0.2, -0.15) is 0 Å². The Kier molecular flexibility index (Phi) is 5.17. The summed E-state index contributed by atoms with van der Waals surface area (Å²) in [5.41, 5.74) is 4.92. The van der Waals surface area contributed by atoms with Crippen molar-refractivity contribution in [3.05, 3.63) is 29.8 Å². The van der Waals surface area contributed by atoms with Crippen LogP contribution in [0.1, 0.15) is 10.4 Å². The molecule has 0 radical (unpaired) electrons. The van der Waals surface area contributed by atoms with Crippen LogP contribution in [0.2, 0.25) is 0 Å². The van der Waals surface area contributed by atoms with E-state index in [9.17, 15) is 9.90 Å². The number of amides is 1. The van der Waals surface area contributed by atoms with Crippen molar-refractivity contribution in [1.82, 2.24) is 0 Å². The third-order valence-electron chi connectivity index (χ3n) is 1.15. The zero-order valence-electron chi connectivity index (χ0n) is 6.20. The van der Waals surface area contributed by atoms with Crippen molar-refractivity contribution in [2.75, 3.05) is 0 Å². The molecule has 0 fully saturated rings. The van der Waals surface area contributed by atoms with Gasteiger partial charge in [0.2, 0.25) is 5.91 Å². The van der Waals surface area contributed by atoms with E-state index in [2.05, 4.69) is 0 Å². The SMILES string of the molecule is NC(=O)c1ccccc1[O-].[Rb+]. The first-order chi connectivity index (χ1) is 4.72. The molecular weight excluding hydrogens is 216 g/mol. The van der Waals surface area contributed by atoms with E-state index < -0.39 is 5.91 Å². The van der Waals surface area contributed by atoms with Crippen LogP contribution in [0.4, 0.5) is 0 Å². The molecule has 0 aliphatic carbocycles. The van der Waals surface area contributed by atoms with Gasteiger partial charge in [0.1, 0.15) is 0 Å². The first-order valence-electron chi connectivity index (χ1n) is 2.77. The molecule has 2 N–H and O–H groups in total. The maximum atomic E-state index is 10.8. The molecular formula is C7H6NO2Rb. The second-order valence-corrected chi connectivity index (χ2v) is 1.86. The Balaban J connectivity index is 0.000001000. The second-order valence-electron chi connectivity index (χ2n) is 1.86. The van der Waals surface area contributed by atoms with Crippen molar-refractivity contribution in [1.29, 1.82) is 0 Å². The largest absolute Gasteiger partial charge is 1.00 e. The van der Waals surface area contributed by atoms with Crippen LogP contribution in [-0.2, 0) is 0 Å². The van der Waals surface area contributed by atoms with E-state index in [0.717, 1.165) is 0 Å². The molecule has 0 atom stereocenters. The molecule has 0 aromatic heterocycles. The Hall–Kier alpha value is 0.295. The fraction of sp³-hybridized carbons (Fsp3) is 0. The van der Waals surface area contributed by atoms with Gasteiger partial charge < -0.3 is 10.8 Å². The molecule has 0 bridgehead atoms. The second kappa shape index (κ2) is 5.03. The van der Waals surface area contributed by atoms with Crippen molar-refractivity contribution in [2.45, 2.75) is 0 Å². The van der Waals surface area contributed by atoms with Crippen LogP contribution in [0.5, 0.6) is 5.75 Å². The van der Waals surface area contributed by atoms with Gasteiger partial charge in [0, 0.05) is 5.56 Å². The number of rotatable bonds is 1. The zero-order chi connectivity index (χ0) is 7.56. The zero-order valence-corrected chi connectivity index (χ0v) is 11.1.